The van der Waals surface area contributed by atoms with E-state index in [1.54, 1.807) is 0 Å². The van der Waals surface area contributed by atoms with E-state index in [9.17, 15) is 4.79 Å². The lowest BCUT2D eigenvalue weighted by molar-refractivity contribution is 0.0934. The molecule has 1 aliphatic rings. The molecule has 5 nitrogen and oxygen atoms in total. The summed E-state index contributed by atoms with van der Waals surface area (Å²) in [7, 11) is 0. The van der Waals surface area contributed by atoms with Crippen molar-refractivity contribution in [2.75, 3.05) is 39.3 Å². The highest BCUT2D eigenvalue weighted by atomic mass is 35.5. The lowest BCUT2D eigenvalue weighted by atomic mass is 10.1. The number of nitrogens with zero attached hydrogens (tertiary/aromatic N) is 2. The Balaban J connectivity index is 0.00000261. The first kappa shape index (κ1) is 21.4. The van der Waals surface area contributed by atoms with Gasteiger partial charge in [-0.15, -0.1) is 12.4 Å². The van der Waals surface area contributed by atoms with Crippen LogP contribution in [0.3, 0.4) is 0 Å². The van der Waals surface area contributed by atoms with E-state index in [-0.39, 0.29) is 18.3 Å². The van der Waals surface area contributed by atoms with Gasteiger partial charge in [0.2, 0.25) is 0 Å². The van der Waals surface area contributed by atoms with Gasteiger partial charge in [-0.1, -0.05) is 42.5 Å². The van der Waals surface area contributed by atoms with Crippen LogP contribution in [-0.4, -0.2) is 55.0 Å². The molecule has 1 saturated heterocycles. The van der Waals surface area contributed by atoms with Gasteiger partial charge < -0.3 is 11.1 Å². The molecular weight excluding hydrogens is 360 g/mol. The number of halogens is 1. The monoisotopic (exact) mass is 388 g/mol. The molecule has 146 valence electrons. The van der Waals surface area contributed by atoms with E-state index in [4.69, 9.17) is 5.73 Å². The summed E-state index contributed by atoms with van der Waals surface area (Å²) < 4.78 is 0. The fourth-order valence-corrected chi connectivity index (χ4v) is 3.23. The summed E-state index contributed by atoms with van der Waals surface area (Å²) in [5.74, 6) is -0.0173. The van der Waals surface area contributed by atoms with Crippen LogP contribution in [0.2, 0.25) is 0 Å². The van der Waals surface area contributed by atoms with E-state index in [0.717, 1.165) is 44.8 Å². The van der Waals surface area contributed by atoms with Crippen LogP contribution in [0.15, 0.2) is 54.6 Å². The lowest BCUT2D eigenvalue weighted by Gasteiger charge is -2.34. The normalized spacial score (nSPS) is 15.1. The summed E-state index contributed by atoms with van der Waals surface area (Å²) in [4.78, 5) is 17.1. The second kappa shape index (κ2) is 11.0. The number of amides is 1. The average molecular weight is 389 g/mol. The number of carbonyl (C=O) groups excluding carboxylic acids is 1. The summed E-state index contributed by atoms with van der Waals surface area (Å²) >= 11 is 0. The Morgan fingerprint density at radius 2 is 1.52 bits per heavy atom. The molecule has 3 rings (SSSR count). The van der Waals surface area contributed by atoms with Gasteiger partial charge in [-0.05, 0) is 23.3 Å². The van der Waals surface area contributed by atoms with Crippen molar-refractivity contribution in [1.29, 1.82) is 0 Å². The molecule has 6 heteroatoms. The third kappa shape index (κ3) is 6.63. The van der Waals surface area contributed by atoms with Gasteiger partial charge in [0.15, 0.2) is 0 Å². The van der Waals surface area contributed by atoms with Gasteiger partial charge in [-0.3, -0.25) is 14.6 Å². The highest BCUT2D eigenvalue weighted by Crippen LogP contribution is 2.08. The first-order chi connectivity index (χ1) is 12.7. The molecule has 1 fully saturated rings. The maximum atomic E-state index is 12.2. The standard InChI is InChI=1S/C21H28N4O.ClH/c22-16-18-6-8-20(9-7-18)21(26)23-10-11-24-12-14-25(15-13-24)17-19-4-2-1-3-5-19;/h1-9H,10-17,22H2,(H,23,26);1H. The Morgan fingerprint density at radius 3 is 2.15 bits per heavy atom. The molecule has 3 N–H and O–H groups in total. The molecule has 1 aliphatic heterocycles. The van der Waals surface area contributed by atoms with Crippen molar-refractivity contribution in [3.63, 3.8) is 0 Å². The molecule has 0 unspecified atom stereocenters. The molecule has 2 aromatic carbocycles. The largest absolute Gasteiger partial charge is 0.351 e. The van der Waals surface area contributed by atoms with Gasteiger partial charge in [-0.25, -0.2) is 0 Å². The van der Waals surface area contributed by atoms with Crippen molar-refractivity contribution < 1.29 is 4.79 Å². The number of hydrogen-bond donors (Lipinski definition) is 2. The zero-order valence-electron chi connectivity index (χ0n) is 15.6. The minimum absolute atomic E-state index is 0. The average Bonchev–Trinajstić information content (AvgIpc) is 2.70. The predicted molar refractivity (Wildman–Crippen MR) is 112 cm³/mol. The molecule has 0 atom stereocenters. The number of rotatable bonds is 7. The third-order valence-electron chi connectivity index (χ3n) is 4.88. The molecule has 27 heavy (non-hydrogen) atoms. The smallest absolute Gasteiger partial charge is 0.251 e. The van der Waals surface area contributed by atoms with Crippen molar-refractivity contribution in [2.45, 2.75) is 13.1 Å². The van der Waals surface area contributed by atoms with E-state index in [2.05, 4.69) is 45.4 Å². The third-order valence-corrected chi connectivity index (χ3v) is 4.88. The molecule has 0 spiro atoms. The molecule has 2 aromatic rings. The number of nitrogens with one attached hydrogen (secondary N) is 1. The molecule has 1 amide bonds. The van der Waals surface area contributed by atoms with Crippen LogP contribution >= 0.6 is 12.4 Å². The Kier molecular flexibility index (Phi) is 8.75. The Labute approximate surface area is 167 Å². The Bertz CT molecular complexity index is 685. The van der Waals surface area contributed by atoms with Crippen molar-refractivity contribution in [2.24, 2.45) is 5.73 Å². The van der Waals surface area contributed by atoms with E-state index in [1.165, 1.54) is 5.56 Å². The zero-order valence-corrected chi connectivity index (χ0v) is 16.5. The van der Waals surface area contributed by atoms with Crippen molar-refractivity contribution in [3.05, 3.63) is 71.3 Å². The van der Waals surface area contributed by atoms with Crippen molar-refractivity contribution in [3.8, 4) is 0 Å². The highest BCUT2D eigenvalue weighted by Gasteiger charge is 2.16. The number of hydrogen-bond acceptors (Lipinski definition) is 4. The molecular formula is C21H29ClN4O. The van der Waals surface area contributed by atoms with Gasteiger partial charge >= 0.3 is 0 Å². The second-order valence-electron chi connectivity index (χ2n) is 6.76. The van der Waals surface area contributed by atoms with Crippen LogP contribution in [-0.2, 0) is 13.1 Å². The summed E-state index contributed by atoms with van der Waals surface area (Å²) in [5, 5.41) is 3.01. The summed E-state index contributed by atoms with van der Waals surface area (Å²) in [5.41, 5.74) is 8.68. The van der Waals surface area contributed by atoms with Gasteiger partial charge in [0.1, 0.15) is 0 Å². The fourth-order valence-electron chi connectivity index (χ4n) is 3.23. The predicted octanol–water partition coefficient (Wildman–Crippen LogP) is 2.11. The van der Waals surface area contributed by atoms with E-state index in [0.29, 0.717) is 18.7 Å². The summed E-state index contributed by atoms with van der Waals surface area (Å²) in [6, 6.07) is 18.1. The first-order valence-electron chi connectivity index (χ1n) is 9.30. The van der Waals surface area contributed by atoms with Gasteiger partial charge in [-0.2, -0.15) is 0 Å². The van der Waals surface area contributed by atoms with E-state index in [1.807, 2.05) is 24.3 Å². The zero-order chi connectivity index (χ0) is 18.2. The first-order valence-corrected chi connectivity index (χ1v) is 9.30. The van der Waals surface area contributed by atoms with Gasteiger partial charge in [0, 0.05) is 57.9 Å². The SMILES string of the molecule is Cl.NCc1ccc(C(=O)NCCN2CCN(Cc3ccccc3)CC2)cc1. The molecule has 1 heterocycles. The molecule has 0 saturated carbocycles. The Morgan fingerprint density at radius 1 is 0.889 bits per heavy atom. The van der Waals surface area contributed by atoms with E-state index < -0.39 is 0 Å². The van der Waals surface area contributed by atoms with Crippen LogP contribution in [0, 0.1) is 0 Å². The number of benzene rings is 2. The molecule has 0 radical (unpaired) electrons. The molecule has 0 aliphatic carbocycles. The van der Waals surface area contributed by atoms with Gasteiger partial charge in [0.25, 0.3) is 5.91 Å². The number of piperazine rings is 1. The minimum Gasteiger partial charge on any atom is -0.351 e. The molecule has 0 bridgehead atoms. The van der Waals surface area contributed by atoms with Crippen molar-refractivity contribution >= 4 is 18.3 Å². The van der Waals surface area contributed by atoms with Crippen LogP contribution < -0.4 is 11.1 Å². The van der Waals surface area contributed by atoms with Gasteiger partial charge in [0.05, 0.1) is 0 Å². The maximum absolute atomic E-state index is 12.2. The minimum atomic E-state index is -0.0173. The Hall–Kier alpha value is -1.92. The van der Waals surface area contributed by atoms with Crippen LogP contribution in [0.4, 0.5) is 0 Å². The van der Waals surface area contributed by atoms with Crippen LogP contribution in [0.1, 0.15) is 21.5 Å². The second-order valence-corrected chi connectivity index (χ2v) is 6.76. The lowest BCUT2D eigenvalue weighted by Crippen LogP contribution is -2.48. The van der Waals surface area contributed by atoms with E-state index >= 15 is 0 Å². The van der Waals surface area contributed by atoms with Crippen molar-refractivity contribution in [1.82, 2.24) is 15.1 Å². The summed E-state index contributed by atoms with van der Waals surface area (Å²) in [6.45, 7) is 7.33. The van der Waals surface area contributed by atoms with Crippen LogP contribution in [0.25, 0.3) is 0 Å². The fraction of sp³-hybridized carbons (Fsp3) is 0.381. The topological polar surface area (TPSA) is 61.6 Å². The maximum Gasteiger partial charge on any atom is 0.251 e. The number of nitrogens with two attached hydrogens (primary N) is 1. The number of carbonyl (C=O) groups is 1. The highest BCUT2D eigenvalue weighted by molar-refractivity contribution is 5.94. The summed E-state index contributed by atoms with van der Waals surface area (Å²) in [6.07, 6.45) is 0. The molecule has 0 aromatic heterocycles. The quantitative estimate of drug-likeness (QED) is 0.762. The van der Waals surface area contributed by atoms with Crippen LogP contribution in [0.5, 0.6) is 0 Å².